The molecule has 0 saturated heterocycles. The minimum Gasteiger partial charge on any atom is -0.385 e. The molecule has 0 fully saturated rings. The fourth-order valence-electron chi connectivity index (χ4n) is 2.71. The molecule has 0 saturated carbocycles. The number of amides is 1. The second-order valence-electron chi connectivity index (χ2n) is 5.96. The van der Waals surface area contributed by atoms with E-state index >= 15 is 0 Å². The predicted molar refractivity (Wildman–Crippen MR) is 94.8 cm³/mol. The topological polar surface area (TPSA) is 66.6 Å². The number of hydrogen-bond acceptors (Lipinski definition) is 4. The van der Waals surface area contributed by atoms with Crippen molar-refractivity contribution < 1.29 is 14.4 Å². The molecule has 1 aromatic heterocycles. The number of aromatic nitrogens is 1. The first-order valence-electron chi connectivity index (χ1n) is 8.10. The summed E-state index contributed by atoms with van der Waals surface area (Å²) in [4.78, 5) is 14.6. The molecule has 0 aliphatic heterocycles. The number of aliphatic hydroxyl groups is 1. The predicted octanol–water partition coefficient (Wildman–Crippen LogP) is 3.67. The molecule has 0 spiro atoms. The lowest BCUT2D eigenvalue weighted by Gasteiger charge is -2.18. The SMILES string of the molecule is CC(O)c1onc(-c2ccccc2)c1C(=O)N(C)Cc1ccccc1. The summed E-state index contributed by atoms with van der Waals surface area (Å²) < 4.78 is 5.29. The largest absolute Gasteiger partial charge is 0.385 e. The van der Waals surface area contributed by atoms with Crippen LogP contribution in [0.1, 0.15) is 34.7 Å². The molecule has 1 N–H and O–H groups in total. The first-order valence-corrected chi connectivity index (χ1v) is 8.10. The monoisotopic (exact) mass is 336 g/mol. The molecule has 5 nitrogen and oxygen atoms in total. The Morgan fingerprint density at radius 1 is 1.12 bits per heavy atom. The number of aliphatic hydroxyl groups excluding tert-OH is 1. The minimum atomic E-state index is -0.922. The lowest BCUT2D eigenvalue weighted by Crippen LogP contribution is -2.27. The summed E-state index contributed by atoms with van der Waals surface area (Å²) in [6.45, 7) is 2.02. The molecule has 1 amide bonds. The van der Waals surface area contributed by atoms with Gasteiger partial charge in [0.15, 0.2) is 5.76 Å². The first kappa shape index (κ1) is 16.9. The molecule has 1 atom stereocenters. The average molecular weight is 336 g/mol. The Hall–Kier alpha value is -2.92. The van der Waals surface area contributed by atoms with Gasteiger partial charge in [-0.2, -0.15) is 0 Å². The highest BCUT2D eigenvalue weighted by Crippen LogP contribution is 2.30. The Bertz CT molecular complexity index is 842. The lowest BCUT2D eigenvalue weighted by molar-refractivity contribution is 0.0773. The van der Waals surface area contributed by atoms with Crippen molar-refractivity contribution >= 4 is 5.91 Å². The maximum atomic E-state index is 13.0. The number of rotatable bonds is 5. The lowest BCUT2D eigenvalue weighted by atomic mass is 10.0. The molecule has 1 heterocycles. The van der Waals surface area contributed by atoms with Crippen LogP contribution in [0.5, 0.6) is 0 Å². The van der Waals surface area contributed by atoms with Crippen LogP contribution in [-0.4, -0.2) is 28.1 Å². The third-order valence-corrected chi connectivity index (χ3v) is 3.97. The Morgan fingerprint density at radius 2 is 1.72 bits per heavy atom. The number of carbonyl (C=O) groups excluding carboxylic acids is 1. The molecule has 5 heteroatoms. The van der Waals surface area contributed by atoms with E-state index in [1.54, 1.807) is 18.9 Å². The van der Waals surface area contributed by atoms with Crippen LogP contribution in [-0.2, 0) is 6.54 Å². The molecule has 1 unspecified atom stereocenters. The molecule has 0 bridgehead atoms. The van der Waals surface area contributed by atoms with Gasteiger partial charge in [0, 0.05) is 19.2 Å². The maximum Gasteiger partial charge on any atom is 0.259 e. The first-order chi connectivity index (χ1) is 12.1. The van der Waals surface area contributed by atoms with Gasteiger partial charge in [0.2, 0.25) is 0 Å². The number of benzene rings is 2. The number of nitrogens with zero attached hydrogens (tertiary/aromatic N) is 2. The summed E-state index contributed by atoms with van der Waals surface area (Å²) in [5.74, 6) is -0.0522. The van der Waals surface area contributed by atoms with Gasteiger partial charge >= 0.3 is 0 Å². The van der Waals surface area contributed by atoms with Crippen LogP contribution in [0.3, 0.4) is 0 Å². The van der Waals surface area contributed by atoms with E-state index in [0.717, 1.165) is 11.1 Å². The molecular weight excluding hydrogens is 316 g/mol. The van der Waals surface area contributed by atoms with Crippen LogP contribution >= 0.6 is 0 Å². The standard InChI is InChI=1S/C20H20N2O3/c1-14(23)19-17(18(21-25-19)16-11-7-4-8-12-16)20(24)22(2)13-15-9-5-3-6-10-15/h3-12,14,23H,13H2,1-2H3. The zero-order valence-electron chi connectivity index (χ0n) is 14.2. The second-order valence-corrected chi connectivity index (χ2v) is 5.96. The van der Waals surface area contributed by atoms with Gasteiger partial charge in [0.1, 0.15) is 17.4 Å². The van der Waals surface area contributed by atoms with E-state index in [4.69, 9.17) is 4.52 Å². The minimum absolute atomic E-state index is 0.184. The van der Waals surface area contributed by atoms with E-state index in [2.05, 4.69) is 5.16 Å². The van der Waals surface area contributed by atoms with Crippen molar-refractivity contribution in [2.24, 2.45) is 0 Å². The van der Waals surface area contributed by atoms with Crippen LogP contribution in [0.2, 0.25) is 0 Å². The number of carbonyl (C=O) groups is 1. The van der Waals surface area contributed by atoms with Gasteiger partial charge < -0.3 is 14.5 Å². The highest BCUT2D eigenvalue weighted by atomic mass is 16.5. The van der Waals surface area contributed by atoms with Gasteiger partial charge in [-0.15, -0.1) is 0 Å². The highest BCUT2D eigenvalue weighted by molar-refractivity contribution is 6.00. The maximum absolute atomic E-state index is 13.0. The molecule has 25 heavy (non-hydrogen) atoms. The third-order valence-electron chi connectivity index (χ3n) is 3.97. The van der Waals surface area contributed by atoms with Gasteiger partial charge in [-0.25, -0.2) is 0 Å². The third kappa shape index (κ3) is 3.61. The normalized spacial score (nSPS) is 12.0. The Morgan fingerprint density at radius 3 is 2.32 bits per heavy atom. The van der Waals surface area contributed by atoms with Crippen molar-refractivity contribution in [2.45, 2.75) is 19.6 Å². The molecule has 0 aliphatic carbocycles. The summed E-state index contributed by atoms with van der Waals surface area (Å²) in [5.41, 5.74) is 2.55. The van der Waals surface area contributed by atoms with Crippen LogP contribution in [0.25, 0.3) is 11.3 Å². The summed E-state index contributed by atoms with van der Waals surface area (Å²) >= 11 is 0. The van der Waals surface area contributed by atoms with Gasteiger partial charge in [-0.3, -0.25) is 4.79 Å². The van der Waals surface area contributed by atoms with Crippen LogP contribution in [0, 0.1) is 0 Å². The second kappa shape index (κ2) is 7.32. The fraction of sp³-hybridized carbons (Fsp3) is 0.200. The quantitative estimate of drug-likeness (QED) is 0.772. The van der Waals surface area contributed by atoms with E-state index in [0.29, 0.717) is 17.8 Å². The smallest absolute Gasteiger partial charge is 0.259 e. The van der Waals surface area contributed by atoms with Crippen LogP contribution in [0.15, 0.2) is 65.2 Å². The van der Waals surface area contributed by atoms with Crippen molar-refractivity contribution in [1.29, 1.82) is 0 Å². The van der Waals surface area contributed by atoms with Gasteiger partial charge in [-0.05, 0) is 12.5 Å². The average Bonchev–Trinajstić information content (AvgIpc) is 3.08. The zero-order chi connectivity index (χ0) is 17.8. The van der Waals surface area contributed by atoms with Gasteiger partial charge in [0.05, 0.1) is 0 Å². The van der Waals surface area contributed by atoms with Crippen molar-refractivity contribution in [3.8, 4) is 11.3 Å². The van der Waals surface area contributed by atoms with E-state index in [1.165, 1.54) is 0 Å². The molecule has 0 radical (unpaired) electrons. The molecular formula is C20H20N2O3. The fourth-order valence-corrected chi connectivity index (χ4v) is 2.71. The van der Waals surface area contributed by atoms with E-state index in [-0.39, 0.29) is 11.7 Å². The Balaban J connectivity index is 1.97. The van der Waals surface area contributed by atoms with Gasteiger partial charge in [-0.1, -0.05) is 65.8 Å². The van der Waals surface area contributed by atoms with Crippen molar-refractivity contribution in [1.82, 2.24) is 10.1 Å². The molecule has 3 rings (SSSR count). The molecule has 128 valence electrons. The van der Waals surface area contributed by atoms with Crippen LogP contribution < -0.4 is 0 Å². The van der Waals surface area contributed by atoms with Crippen LogP contribution in [0.4, 0.5) is 0 Å². The van der Waals surface area contributed by atoms with Crippen molar-refractivity contribution in [3.63, 3.8) is 0 Å². The Labute approximate surface area is 146 Å². The molecule has 2 aromatic carbocycles. The Kier molecular flexibility index (Phi) is 4.95. The van der Waals surface area contributed by atoms with E-state index in [9.17, 15) is 9.90 Å². The summed E-state index contributed by atoms with van der Waals surface area (Å²) in [6, 6.07) is 19.1. The molecule has 3 aromatic rings. The van der Waals surface area contributed by atoms with E-state index in [1.807, 2.05) is 60.7 Å². The molecule has 0 aliphatic rings. The van der Waals surface area contributed by atoms with E-state index < -0.39 is 6.10 Å². The summed E-state index contributed by atoms with van der Waals surface area (Å²) in [5, 5.41) is 14.0. The van der Waals surface area contributed by atoms with Crippen molar-refractivity contribution in [3.05, 3.63) is 77.6 Å². The number of hydrogen-bond donors (Lipinski definition) is 1. The zero-order valence-corrected chi connectivity index (χ0v) is 14.2. The summed E-state index contributed by atoms with van der Waals surface area (Å²) in [7, 11) is 1.73. The van der Waals surface area contributed by atoms with Crippen molar-refractivity contribution in [2.75, 3.05) is 7.05 Å². The van der Waals surface area contributed by atoms with Gasteiger partial charge in [0.25, 0.3) is 5.91 Å². The summed E-state index contributed by atoms with van der Waals surface area (Å²) in [6.07, 6.45) is -0.922. The highest BCUT2D eigenvalue weighted by Gasteiger charge is 2.28.